The van der Waals surface area contributed by atoms with Crippen LogP contribution < -0.4 is 0 Å². The number of aliphatic hydroxyl groups is 1. The number of hydrogen-bond acceptors (Lipinski definition) is 3. The molecule has 2 N–H and O–H groups in total. The van der Waals surface area contributed by atoms with E-state index in [0.29, 0.717) is 17.1 Å². The van der Waals surface area contributed by atoms with Gasteiger partial charge in [0.05, 0.1) is 12.5 Å². The molecule has 0 amide bonds. The highest BCUT2D eigenvalue weighted by atomic mass is 16.4. The number of aliphatic carboxylic acids is 1. The van der Waals surface area contributed by atoms with Crippen LogP contribution in [0, 0.1) is 13.8 Å². The van der Waals surface area contributed by atoms with E-state index in [1.54, 1.807) is 19.9 Å². The standard InChI is InChI=1S/C9H12O4/c1-5-3-7(6(2)13-5)8(10)4-9(11)12/h3,8,10H,4H2,1-2H3,(H,11,12)/t8-/m1/s1. The second-order valence-electron chi connectivity index (χ2n) is 2.98. The summed E-state index contributed by atoms with van der Waals surface area (Å²) >= 11 is 0. The lowest BCUT2D eigenvalue weighted by Crippen LogP contribution is -2.05. The minimum absolute atomic E-state index is 0.292. The third-order valence-electron chi connectivity index (χ3n) is 1.81. The smallest absolute Gasteiger partial charge is 0.306 e. The number of aliphatic hydroxyl groups excluding tert-OH is 1. The maximum Gasteiger partial charge on any atom is 0.306 e. The number of carboxylic acid groups (broad SMARTS) is 1. The van der Waals surface area contributed by atoms with E-state index in [-0.39, 0.29) is 6.42 Å². The zero-order valence-electron chi connectivity index (χ0n) is 7.57. The Morgan fingerprint density at radius 3 is 2.62 bits per heavy atom. The van der Waals surface area contributed by atoms with E-state index in [2.05, 4.69) is 0 Å². The molecule has 0 saturated carbocycles. The molecule has 0 aromatic carbocycles. The van der Waals surface area contributed by atoms with Gasteiger partial charge in [-0.2, -0.15) is 0 Å². The maximum absolute atomic E-state index is 10.3. The van der Waals surface area contributed by atoms with Gasteiger partial charge in [-0.3, -0.25) is 4.79 Å². The molecular weight excluding hydrogens is 172 g/mol. The molecule has 0 bridgehead atoms. The monoisotopic (exact) mass is 184 g/mol. The van der Waals surface area contributed by atoms with Crippen molar-refractivity contribution in [2.24, 2.45) is 0 Å². The van der Waals surface area contributed by atoms with Crippen molar-refractivity contribution in [3.8, 4) is 0 Å². The highest BCUT2D eigenvalue weighted by Gasteiger charge is 2.16. The van der Waals surface area contributed by atoms with Gasteiger partial charge in [-0.1, -0.05) is 0 Å². The predicted octanol–water partition coefficient (Wildman–Crippen LogP) is 1.40. The molecule has 1 heterocycles. The van der Waals surface area contributed by atoms with E-state index in [1.807, 2.05) is 0 Å². The number of carbonyl (C=O) groups is 1. The fraction of sp³-hybridized carbons (Fsp3) is 0.444. The Balaban J connectivity index is 2.81. The van der Waals surface area contributed by atoms with Crippen LogP contribution in [0.15, 0.2) is 10.5 Å². The molecule has 1 aromatic heterocycles. The van der Waals surface area contributed by atoms with Gasteiger partial charge < -0.3 is 14.6 Å². The van der Waals surface area contributed by atoms with Crippen LogP contribution in [0.1, 0.15) is 29.6 Å². The summed E-state index contributed by atoms with van der Waals surface area (Å²) in [5, 5.41) is 17.9. The molecule has 0 radical (unpaired) electrons. The summed E-state index contributed by atoms with van der Waals surface area (Å²) in [6, 6.07) is 1.66. The first kappa shape index (κ1) is 9.80. The van der Waals surface area contributed by atoms with E-state index < -0.39 is 12.1 Å². The Morgan fingerprint density at radius 2 is 2.23 bits per heavy atom. The number of furan rings is 1. The molecular formula is C9H12O4. The third-order valence-corrected chi connectivity index (χ3v) is 1.81. The number of rotatable bonds is 3. The van der Waals surface area contributed by atoms with E-state index >= 15 is 0 Å². The minimum atomic E-state index is -1.02. The molecule has 0 saturated heterocycles. The number of carboxylic acids is 1. The summed E-state index contributed by atoms with van der Waals surface area (Å²) in [6.07, 6.45) is -1.27. The second kappa shape index (κ2) is 3.62. The van der Waals surface area contributed by atoms with E-state index in [4.69, 9.17) is 9.52 Å². The molecule has 0 fully saturated rings. The average Bonchev–Trinajstić information content (AvgIpc) is 2.28. The first-order valence-electron chi connectivity index (χ1n) is 3.97. The largest absolute Gasteiger partial charge is 0.481 e. The highest BCUT2D eigenvalue weighted by molar-refractivity contribution is 5.67. The van der Waals surface area contributed by atoms with E-state index in [1.165, 1.54) is 0 Å². The Morgan fingerprint density at radius 1 is 1.62 bits per heavy atom. The van der Waals surface area contributed by atoms with Crippen molar-refractivity contribution < 1.29 is 19.4 Å². The van der Waals surface area contributed by atoms with Crippen LogP contribution in [0.3, 0.4) is 0 Å². The van der Waals surface area contributed by atoms with Crippen molar-refractivity contribution >= 4 is 5.97 Å². The second-order valence-corrected chi connectivity index (χ2v) is 2.98. The Hall–Kier alpha value is -1.29. The lowest BCUT2D eigenvalue weighted by atomic mass is 10.1. The molecule has 1 aromatic rings. The summed E-state index contributed by atoms with van der Waals surface area (Å²) in [4.78, 5) is 10.3. The van der Waals surface area contributed by atoms with Crippen molar-refractivity contribution in [2.75, 3.05) is 0 Å². The Bertz CT molecular complexity index is 313. The van der Waals surface area contributed by atoms with Crippen LogP contribution in [-0.4, -0.2) is 16.2 Å². The molecule has 1 atom stereocenters. The topological polar surface area (TPSA) is 70.7 Å². The van der Waals surface area contributed by atoms with Crippen LogP contribution in [0.5, 0.6) is 0 Å². The molecule has 72 valence electrons. The predicted molar refractivity (Wildman–Crippen MR) is 45.4 cm³/mol. The lowest BCUT2D eigenvalue weighted by Gasteiger charge is -2.04. The van der Waals surface area contributed by atoms with Gasteiger partial charge in [0.15, 0.2) is 0 Å². The fourth-order valence-corrected chi connectivity index (χ4v) is 1.26. The van der Waals surface area contributed by atoms with Crippen molar-refractivity contribution in [3.63, 3.8) is 0 Å². The van der Waals surface area contributed by atoms with Crippen LogP contribution in [0.25, 0.3) is 0 Å². The van der Waals surface area contributed by atoms with Crippen molar-refractivity contribution in [2.45, 2.75) is 26.4 Å². The van der Waals surface area contributed by atoms with Gasteiger partial charge in [0, 0.05) is 5.56 Å². The summed E-state index contributed by atoms with van der Waals surface area (Å²) in [5.41, 5.74) is 0.555. The molecule has 0 aliphatic rings. The summed E-state index contributed by atoms with van der Waals surface area (Å²) in [6.45, 7) is 3.46. The van der Waals surface area contributed by atoms with Crippen molar-refractivity contribution in [1.29, 1.82) is 0 Å². The molecule has 4 nitrogen and oxygen atoms in total. The zero-order chi connectivity index (χ0) is 10.0. The fourth-order valence-electron chi connectivity index (χ4n) is 1.26. The van der Waals surface area contributed by atoms with Gasteiger partial charge in [0.2, 0.25) is 0 Å². The van der Waals surface area contributed by atoms with Crippen molar-refractivity contribution in [1.82, 2.24) is 0 Å². The summed E-state index contributed by atoms with van der Waals surface area (Å²) < 4.78 is 5.16. The molecule has 0 unspecified atom stereocenters. The van der Waals surface area contributed by atoms with Gasteiger partial charge in [-0.15, -0.1) is 0 Å². The zero-order valence-corrected chi connectivity index (χ0v) is 7.57. The minimum Gasteiger partial charge on any atom is -0.481 e. The van der Waals surface area contributed by atoms with Gasteiger partial charge in [0.1, 0.15) is 11.5 Å². The molecule has 0 aliphatic carbocycles. The summed E-state index contributed by atoms with van der Waals surface area (Å²) in [5.74, 6) is 0.231. The Labute approximate surface area is 75.8 Å². The van der Waals surface area contributed by atoms with Crippen LogP contribution in [-0.2, 0) is 4.79 Å². The van der Waals surface area contributed by atoms with Gasteiger partial charge in [0.25, 0.3) is 0 Å². The van der Waals surface area contributed by atoms with E-state index in [0.717, 1.165) is 0 Å². The summed E-state index contributed by atoms with van der Waals surface area (Å²) in [7, 11) is 0. The van der Waals surface area contributed by atoms with Crippen LogP contribution in [0.2, 0.25) is 0 Å². The van der Waals surface area contributed by atoms with Gasteiger partial charge in [-0.25, -0.2) is 0 Å². The first-order valence-corrected chi connectivity index (χ1v) is 3.97. The molecule has 0 aliphatic heterocycles. The van der Waals surface area contributed by atoms with Crippen LogP contribution >= 0.6 is 0 Å². The van der Waals surface area contributed by atoms with E-state index in [9.17, 15) is 9.90 Å². The quantitative estimate of drug-likeness (QED) is 0.744. The molecule has 1 rings (SSSR count). The normalized spacial score (nSPS) is 12.8. The lowest BCUT2D eigenvalue weighted by molar-refractivity contribution is -0.139. The van der Waals surface area contributed by atoms with Gasteiger partial charge in [-0.05, 0) is 19.9 Å². The SMILES string of the molecule is Cc1cc([C@H](O)CC(=O)O)c(C)o1. The van der Waals surface area contributed by atoms with Crippen LogP contribution in [0.4, 0.5) is 0 Å². The Kier molecular flexibility index (Phi) is 2.72. The highest BCUT2D eigenvalue weighted by Crippen LogP contribution is 2.23. The maximum atomic E-state index is 10.3. The third kappa shape index (κ3) is 2.32. The number of aryl methyl sites for hydroxylation is 2. The molecule has 13 heavy (non-hydrogen) atoms. The molecule has 0 spiro atoms. The first-order chi connectivity index (χ1) is 6.00. The number of hydrogen-bond donors (Lipinski definition) is 2. The molecule has 4 heteroatoms. The van der Waals surface area contributed by atoms with Crippen molar-refractivity contribution in [3.05, 3.63) is 23.2 Å². The van der Waals surface area contributed by atoms with Gasteiger partial charge >= 0.3 is 5.97 Å². The average molecular weight is 184 g/mol.